The fourth-order valence-corrected chi connectivity index (χ4v) is 3.08. The van der Waals surface area contributed by atoms with Crippen LogP contribution in [0.15, 0.2) is 18.2 Å². The normalized spacial score (nSPS) is 14.5. The minimum absolute atomic E-state index is 0.0389. The molecule has 0 saturated carbocycles. The summed E-state index contributed by atoms with van der Waals surface area (Å²) in [6.07, 6.45) is 2.04. The zero-order valence-corrected chi connectivity index (χ0v) is 13.3. The highest BCUT2D eigenvalue weighted by molar-refractivity contribution is 5.69. The summed E-state index contributed by atoms with van der Waals surface area (Å²) in [5, 5.41) is 18.7. The smallest absolute Gasteiger partial charge is 0.311 e. The second kappa shape index (κ2) is 6.37. The minimum atomic E-state index is -0.426. The Balaban J connectivity index is 1.99. The number of nitro benzene ring substituents is 1. The third-order valence-corrected chi connectivity index (χ3v) is 4.20. The lowest BCUT2D eigenvalue weighted by atomic mass is 10.0. The maximum atomic E-state index is 11.2. The first-order valence-corrected chi connectivity index (χ1v) is 7.75. The number of nitro groups is 1. The average molecular weight is 316 g/mol. The van der Waals surface area contributed by atoms with Crippen LogP contribution in [-0.4, -0.2) is 40.2 Å². The van der Waals surface area contributed by atoms with E-state index in [1.165, 1.54) is 13.2 Å². The van der Waals surface area contributed by atoms with Gasteiger partial charge in [-0.15, -0.1) is 0 Å². The number of benzene rings is 1. The van der Waals surface area contributed by atoms with Gasteiger partial charge in [0.05, 0.1) is 17.7 Å². The predicted molar refractivity (Wildman–Crippen MR) is 86.5 cm³/mol. The number of aromatic amines is 1. The summed E-state index contributed by atoms with van der Waals surface area (Å²) in [6, 6.07) is 4.98. The molecule has 0 bridgehead atoms. The lowest BCUT2D eigenvalue weighted by molar-refractivity contribution is -0.385. The molecule has 2 aromatic rings. The summed E-state index contributed by atoms with van der Waals surface area (Å²) in [5.41, 5.74) is 3.78. The molecule has 0 spiro atoms. The first-order chi connectivity index (χ1) is 11.1. The molecule has 0 fully saturated rings. The first kappa shape index (κ1) is 15.5. The van der Waals surface area contributed by atoms with Crippen molar-refractivity contribution < 1.29 is 9.66 Å². The number of hydrogen-bond donors (Lipinski definition) is 1. The Hall–Kier alpha value is -2.41. The van der Waals surface area contributed by atoms with Gasteiger partial charge in [0.25, 0.3) is 0 Å². The number of ether oxygens (including phenoxy) is 1. The van der Waals surface area contributed by atoms with Crippen molar-refractivity contribution in [3.8, 4) is 17.0 Å². The van der Waals surface area contributed by atoms with E-state index in [9.17, 15) is 10.1 Å². The van der Waals surface area contributed by atoms with Gasteiger partial charge in [0.2, 0.25) is 0 Å². The van der Waals surface area contributed by atoms with Gasteiger partial charge in [-0.3, -0.25) is 20.1 Å². The van der Waals surface area contributed by atoms with Gasteiger partial charge in [-0.1, -0.05) is 6.92 Å². The number of rotatable bonds is 5. The standard InChI is InChI=1S/C16H20N4O3/c1-3-7-19-8-6-13-12(10-19)16(18-17-13)11-4-5-15(23-2)14(9-11)20(21)22/h4-5,9H,3,6-8,10H2,1-2H3,(H,17,18). The number of methoxy groups -OCH3 is 1. The average Bonchev–Trinajstić information content (AvgIpc) is 2.97. The fourth-order valence-electron chi connectivity index (χ4n) is 3.08. The molecule has 0 saturated heterocycles. The highest BCUT2D eigenvalue weighted by atomic mass is 16.6. The van der Waals surface area contributed by atoms with Crippen LogP contribution in [0.2, 0.25) is 0 Å². The molecule has 0 aliphatic carbocycles. The molecule has 23 heavy (non-hydrogen) atoms. The Labute approximate surface area is 134 Å². The van der Waals surface area contributed by atoms with Gasteiger partial charge in [0.15, 0.2) is 5.75 Å². The number of aromatic nitrogens is 2. The summed E-state index contributed by atoms with van der Waals surface area (Å²) in [6.45, 7) is 5.06. The molecular formula is C16H20N4O3. The molecule has 0 unspecified atom stereocenters. The van der Waals surface area contributed by atoms with Crippen molar-refractivity contribution in [3.05, 3.63) is 39.6 Å². The lowest BCUT2D eigenvalue weighted by Crippen LogP contribution is -2.31. The Morgan fingerprint density at radius 1 is 1.48 bits per heavy atom. The van der Waals surface area contributed by atoms with E-state index >= 15 is 0 Å². The van der Waals surface area contributed by atoms with Gasteiger partial charge < -0.3 is 4.74 Å². The largest absolute Gasteiger partial charge is 0.490 e. The van der Waals surface area contributed by atoms with Gasteiger partial charge >= 0.3 is 5.69 Å². The summed E-state index contributed by atoms with van der Waals surface area (Å²) in [7, 11) is 1.43. The summed E-state index contributed by atoms with van der Waals surface area (Å²) in [4.78, 5) is 13.2. The van der Waals surface area contributed by atoms with E-state index in [0.29, 0.717) is 0 Å². The monoisotopic (exact) mass is 316 g/mol. The molecular weight excluding hydrogens is 296 g/mol. The van der Waals surface area contributed by atoms with Crippen molar-refractivity contribution in [2.45, 2.75) is 26.3 Å². The van der Waals surface area contributed by atoms with Crippen LogP contribution >= 0.6 is 0 Å². The summed E-state index contributed by atoms with van der Waals surface area (Å²) in [5.74, 6) is 0.260. The highest BCUT2D eigenvalue weighted by Gasteiger charge is 2.24. The maximum absolute atomic E-state index is 11.2. The molecule has 2 heterocycles. The zero-order chi connectivity index (χ0) is 16.4. The zero-order valence-electron chi connectivity index (χ0n) is 13.3. The van der Waals surface area contributed by atoms with Gasteiger partial charge in [-0.2, -0.15) is 5.10 Å². The molecule has 122 valence electrons. The Morgan fingerprint density at radius 3 is 3.00 bits per heavy atom. The fraction of sp³-hybridized carbons (Fsp3) is 0.438. The number of nitrogens with one attached hydrogen (secondary N) is 1. The quantitative estimate of drug-likeness (QED) is 0.677. The van der Waals surface area contributed by atoms with Crippen molar-refractivity contribution in [3.63, 3.8) is 0 Å². The highest BCUT2D eigenvalue weighted by Crippen LogP contribution is 2.34. The Bertz CT molecular complexity index is 726. The molecule has 0 radical (unpaired) electrons. The van der Waals surface area contributed by atoms with Crippen LogP contribution in [-0.2, 0) is 13.0 Å². The van der Waals surface area contributed by atoms with Crippen molar-refractivity contribution in [1.82, 2.24) is 15.1 Å². The second-order valence-corrected chi connectivity index (χ2v) is 5.70. The van der Waals surface area contributed by atoms with E-state index in [4.69, 9.17) is 4.74 Å². The van der Waals surface area contributed by atoms with Crippen LogP contribution in [0.25, 0.3) is 11.3 Å². The number of nitrogens with zero attached hydrogens (tertiary/aromatic N) is 3. The van der Waals surface area contributed by atoms with Crippen molar-refractivity contribution >= 4 is 5.69 Å². The summed E-state index contributed by atoms with van der Waals surface area (Å²) < 4.78 is 5.06. The third kappa shape index (κ3) is 2.92. The van der Waals surface area contributed by atoms with Gasteiger partial charge in [-0.25, -0.2) is 0 Å². The van der Waals surface area contributed by atoms with Gasteiger partial charge in [-0.05, 0) is 25.1 Å². The molecule has 7 heteroatoms. The third-order valence-electron chi connectivity index (χ3n) is 4.20. The van der Waals surface area contributed by atoms with Crippen LogP contribution in [0.3, 0.4) is 0 Å². The SMILES string of the molecule is CCCN1CCc2[nH]nc(-c3ccc(OC)c([N+](=O)[O-])c3)c2C1. The van der Waals surface area contributed by atoms with Crippen LogP contribution in [0.4, 0.5) is 5.69 Å². The number of fused-ring (bicyclic) bond motifs is 1. The van der Waals surface area contributed by atoms with Crippen LogP contribution in [0, 0.1) is 10.1 Å². The van der Waals surface area contributed by atoms with E-state index in [1.54, 1.807) is 6.07 Å². The van der Waals surface area contributed by atoms with E-state index in [2.05, 4.69) is 22.0 Å². The topological polar surface area (TPSA) is 84.3 Å². The van der Waals surface area contributed by atoms with E-state index < -0.39 is 4.92 Å². The Morgan fingerprint density at radius 2 is 2.30 bits per heavy atom. The molecule has 1 aliphatic rings. The molecule has 0 amide bonds. The molecule has 1 aromatic heterocycles. The molecule has 7 nitrogen and oxygen atoms in total. The minimum Gasteiger partial charge on any atom is -0.490 e. The van der Waals surface area contributed by atoms with Crippen molar-refractivity contribution in [2.24, 2.45) is 0 Å². The van der Waals surface area contributed by atoms with E-state index in [1.807, 2.05) is 6.07 Å². The maximum Gasteiger partial charge on any atom is 0.311 e. The number of H-pyrrole nitrogens is 1. The van der Waals surface area contributed by atoms with Crippen molar-refractivity contribution in [2.75, 3.05) is 20.2 Å². The molecule has 0 atom stereocenters. The van der Waals surface area contributed by atoms with Crippen LogP contribution in [0.1, 0.15) is 24.6 Å². The van der Waals surface area contributed by atoms with Crippen LogP contribution < -0.4 is 4.74 Å². The predicted octanol–water partition coefficient (Wildman–Crippen LogP) is 2.76. The molecule has 1 N–H and O–H groups in total. The summed E-state index contributed by atoms with van der Waals surface area (Å²) >= 11 is 0. The molecule has 3 rings (SSSR count). The Kier molecular flexibility index (Phi) is 4.29. The van der Waals surface area contributed by atoms with E-state index in [0.717, 1.165) is 55.0 Å². The van der Waals surface area contributed by atoms with Crippen molar-refractivity contribution in [1.29, 1.82) is 0 Å². The molecule has 1 aliphatic heterocycles. The molecule has 1 aromatic carbocycles. The van der Waals surface area contributed by atoms with Gasteiger partial charge in [0, 0.05) is 42.4 Å². The van der Waals surface area contributed by atoms with Crippen LogP contribution in [0.5, 0.6) is 5.75 Å². The van der Waals surface area contributed by atoms with E-state index in [-0.39, 0.29) is 11.4 Å². The number of hydrogen-bond acceptors (Lipinski definition) is 5. The van der Waals surface area contributed by atoms with Gasteiger partial charge in [0.1, 0.15) is 0 Å². The first-order valence-electron chi connectivity index (χ1n) is 7.75. The lowest BCUT2D eigenvalue weighted by Gasteiger charge is -2.26. The second-order valence-electron chi connectivity index (χ2n) is 5.70.